The number of halogens is 1. The Labute approximate surface area is 154 Å². The molecule has 4 fully saturated rings. The van der Waals surface area contributed by atoms with E-state index in [0.29, 0.717) is 31.7 Å². The first-order chi connectivity index (χ1) is 12.7. The summed E-state index contributed by atoms with van der Waals surface area (Å²) in [5.41, 5.74) is 1.16. The van der Waals surface area contributed by atoms with Crippen molar-refractivity contribution in [2.75, 3.05) is 52.5 Å². The number of carbonyl (C=O) groups is 1. The third-order valence-corrected chi connectivity index (χ3v) is 5.92. The number of amides is 1. The Balaban J connectivity index is 1.36. The Morgan fingerprint density at radius 1 is 1.08 bits per heavy atom. The summed E-state index contributed by atoms with van der Waals surface area (Å²) in [4.78, 5) is 19.5. The highest BCUT2D eigenvalue weighted by Gasteiger charge is 2.36. The van der Waals surface area contributed by atoms with E-state index in [4.69, 9.17) is 4.74 Å². The molecule has 0 unspecified atom stereocenters. The van der Waals surface area contributed by atoms with E-state index >= 15 is 0 Å². The molecular formula is C20H28FN3O2. The molecule has 142 valence electrons. The zero-order valence-electron chi connectivity index (χ0n) is 15.3. The summed E-state index contributed by atoms with van der Waals surface area (Å²) < 4.78 is 18.5. The number of rotatable bonds is 4. The molecule has 0 aromatic heterocycles. The van der Waals surface area contributed by atoms with Crippen LogP contribution < -0.4 is 0 Å². The summed E-state index contributed by atoms with van der Waals surface area (Å²) in [5.74, 6) is 0.676. The Morgan fingerprint density at radius 3 is 2.62 bits per heavy atom. The highest BCUT2D eigenvalue weighted by atomic mass is 19.1. The van der Waals surface area contributed by atoms with Crippen LogP contribution in [-0.4, -0.2) is 79.1 Å². The molecule has 5 nitrogen and oxygen atoms in total. The molecule has 6 heteroatoms. The number of carbonyl (C=O) groups excluding carboxylic acids is 1. The van der Waals surface area contributed by atoms with Crippen molar-refractivity contribution in [3.8, 4) is 0 Å². The van der Waals surface area contributed by atoms with Gasteiger partial charge in [-0.1, -0.05) is 12.1 Å². The Hall–Kier alpha value is -1.50. The predicted molar refractivity (Wildman–Crippen MR) is 97.2 cm³/mol. The fourth-order valence-electron chi connectivity index (χ4n) is 4.53. The van der Waals surface area contributed by atoms with Crippen molar-refractivity contribution < 1.29 is 13.9 Å². The number of hydrogen-bond donors (Lipinski definition) is 0. The van der Waals surface area contributed by atoms with Crippen LogP contribution in [0.15, 0.2) is 24.3 Å². The SMILES string of the molecule is O=C(CN1C[C@H]2CC[C@@H]1CN(Cc1ccc(F)cc1)C2)N1CCOCC1. The fraction of sp³-hybridized carbons (Fsp3) is 0.650. The van der Waals surface area contributed by atoms with E-state index in [-0.39, 0.29) is 11.7 Å². The molecule has 4 aliphatic rings. The molecular weight excluding hydrogens is 333 g/mol. The van der Waals surface area contributed by atoms with Gasteiger partial charge in [-0.15, -0.1) is 0 Å². The average Bonchev–Trinajstić information content (AvgIpc) is 2.95. The zero-order valence-corrected chi connectivity index (χ0v) is 15.3. The van der Waals surface area contributed by atoms with Crippen LogP contribution in [0.25, 0.3) is 0 Å². The van der Waals surface area contributed by atoms with Gasteiger partial charge < -0.3 is 9.64 Å². The van der Waals surface area contributed by atoms with Crippen molar-refractivity contribution in [1.29, 1.82) is 0 Å². The largest absolute Gasteiger partial charge is 0.378 e. The number of nitrogens with zero attached hydrogens (tertiary/aromatic N) is 3. The maximum Gasteiger partial charge on any atom is 0.236 e. The molecule has 2 atom stereocenters. The second kappa shape index (κ2) is 8.03. The van der Waals surface area contributed by atoms with E-state index in [9.17, 15) is 9.18 Å². The smallest absolute Gasteiger partial charge is 0.236 e. The van der Waals surface area contributed by atoms with Gasteiger partial charge in [0.05, 0.1) is 19.8 Å². The third kappa shape index (κ3) is 4.24. The quantitative estimate of drug-likeness (QED) is 0.816. The van der Waals surface area contributed by atoms with Crippen molar-refractivity contribution in [3.63, 3.8) is 0 Å². The summed E-state index contributed by atoms with van der Waals surface area (Å²) >= 11 is 0. The molecule has 26 heavy (non-hydrogen) atoms. The lowest BCUT2D eigenvalue weighted by atomic mass is 9.95. The molecule has 1 aromatic carbocycles. The van der Waals surface area contributed by atoms with Crippen LogP contribution >= 0.6 is 0 Å². The van der Waals surface area contributed by atoms with Gasteiger partial charge in [0.25, 0.3) is 0 Å². The van der Waals surface area contributed by atoms with E-state index in [1.54, 1.807) is 0 Å². The van der Waals surface area contributed by atoms with Crippen molar-refractivity contribution in [2.24, 2.45) is 5.92 Å². The third-order valence-electron chi connectivity index (χ3n) is 5.92. The maximum absolute atomic E-state index is 13.1. The van der Waals surface area contributed by atoms with Gasteiger partial charge in [-0.2, -0.15) is 0 Å². The number of hydrogen-bond acceptors (Lipinski definition) is 4. The summed E-state index contributed by atoms with van der Waals surface area (Å²) in [6, 6.07) is 7.27. The highest BCUT2D eigenvalue weighted by Crippen LogP contribution is 2.28. The van der Waals surface area contributed by atoms with E-state index in [1.807, 2.05) is 17.0 Å². The summed E-state index contributed by atoms with van der Waals surface area (Å²) in [5, 5.41) is 0. The van der Waals surface area contributed by atoms with Crippen molar-refractivity contribution in [1.82, 2.24) is 14.7 Å². The first kappa shape index (κ1) is 17.9. The number of piperidine rings is 1. The topological polar surface area (TPSA) is 36.0 Å². The minimum atomic E-state index is -0.183. The van der Waals surface area contributed by atoms with Crippen LogP contribution in [0.3, 0.4) is 0 Å². The molecule has 0 spiro atoms. The lowest BCUT2D eigenvalue weighted by Crippen LogP contribution is -2.51. The highest BCUT2D eigenvalue weighted by molar-refractivity contribution is 5.78. The number of morpholine rings is 1. The average molecular weight is 361 g/mol. The van der Waals surface area contributed by atoms with Gasteiger partial charge in [-0.3, -0.25) is 14.6 Å². The molecule has 4 saturated heterocycles. The second-order valence-corrected chi connectivity index (χ2v) is 7.84. The van der Waals surface area contributed by atoms with E-state index in [0.717, 1.165) is 44.8 Å². The van der Waals surface area contributed by atoms with Gasteiger partial charge in [-0.05, 0) is 36.5 Å². The molecule has 5 rings (SSSR count). The van der Waals surface area contributed by atoms with Crippen LogP contribution in [0.2, 0.25) is 0 Å². The van der Waals surface area contributed by atoms with E-state index < -0.39 is 0 Å². The maximum atomic E-state index is 13.1. The molecule has 0 N–H and O–H groups in total. The van der Waals surface area contributed by atoms with Crippen LogP contribution in [0.4, 0.5) is 4.39 Å². The summed E-state index contributed by atoms with van der Waals surface area (Å²) in [6.45, 7) is 7.21. The Bertz CT molecular complexity index is 618. The summed E-state index contributed by atoms with van der Waals surface area (Å²) in [6.07, 6.45) is 2.41. The van der Waals surface area contributed by atoms with Crippen molar-refractivity contribution in [3.05, 3.63) is 35.6 Å². The molecule has 0 saturated carbocycles. The van der Waals surface area contributed by atoms with E-state index in [1.165, 1.54) is 25.0 Å². The normalized spacial score (nSPS) is 27.5. The predicted octanol–water partition coefficient (Wildman–Crippen LogP) is 1.58. The van der Waals surface area contributed by atoms with Gasteiger partial charge in [0.2, 0.25) is 5.91 Å². The monoisotopic (exact) mass is 361 g/mol. The van der Waals surface area contributed by atoms with Gasteiger partial charge in [0, 0.05) is 45.3 Å². The molecule has 1 amide bonds. The molecule has 2 bridgehead atoms. The molecule has 0 radical (unpaired) electrons. The number of benzene rings is 1. The lowest BCUT2D eigenvalue weighted by Gasteiger charge is -2.37. The number of fused-ring (bicyclic) bond motifs is 4. The lowest BCUT2D eigenvalue weighted by molar-refractivity contribution is -0.137. The minimum Gasteiger partial charge on any atom is -0.378 e. The van der Waals surface area contributed by atoms with Gasteiger partial charge >= 0.3 is 0 Å². The van der Waals surface area contributed by atoms with Crippen LogP contribution in [0.1, 0.15) is 18.4 Å². The van der Waals surface area contributed by atoms with Crippen LogP contribution in [-0.2, 0) is 16.1 Å². The van der Waals surface area contributed by atoms with Crippen LogP contribution in [0.5, 0.6) is 0 Å². The van der Waals surface area contributed by atoms with Gasteiger partial charge in [-0.25, -0.2) is 4.39 Å². The van der Waals surface area contributed by atoms with E-state index in [2.05, 4.69) is 9.80 Å². The van der Waals surface area contributed by atoms with Crippen LogP contribution in [0, 0.1) is 11.7 Å². The Kier molecular flexibility index (Phi) is 5.52. The van der Waals surface area contributed by atoms with Crippen molar-refractivity contribution in [2.45, 2.75) is 25.4 Å². The standard InChI is InChI=1S/C20H28FN3O2/c21-18-4-1-16(2-5-18)11-22-12-17-3-6-19(14-22)24(13-17)15-20(25)23-7-9-26-10-8-23/h1-2,4-5,17,19H,3,6-15H2/t17-,19+/m0/s1. The molecule has 1 aromatic rings. The zero-order chi connectivity index (χ0) is 17.9. The van der Waals surface area contributed by atoms with Gasteiger partial charge in [0.1, 0.15) is 5.82 Å². The molecule has 0 aliphatic carbocycles. The van der Waals surface area contributed by atoms with Crippen molar-refractivity contribution >= 4 is 5.91 Å². The molecule has 4 aliphatic heterocycles. The van der Waals surface area contributed by atoms with Gasteiger partial charge in [0.15, 0.2) is 0 Å². The number of ether oxygens (including phenoxy) is 1. The molecule has 4 heterocycles. The summed E-state index contributed by atoms with van der Waals surface area (Å²) in [7, 11) is 0. The first-order valence-electron chi connectivity index (χ1n) is 9.74. The fourth-order valence-corrected chi connectivity index (χ4v) is 4.53. The second-order valence-electron chi connectivity index (χ2n) is 7.84. The Morgan fingerprint density at radius 2 is 1.85 bits per heavy atom. The minimum absolute atomic E-state index is 0.183. The first-order valence-corrected chi connectivity index (χ1v) is 9.74.